The number of hydrogen-bond donors (Lipinski definition) is 3. The van der Waals surface area contributed by atoms with Gasteiger partial charge in [-0.3, -0.25) is 24.7 Å². The summed E-state index contributed by atoms with van der Waals surface area (Å²) in [6, 6.07) is 2.36. The van der Waals surface area contributed by atoms with Gasteiger partial charge in [-0.25, -0.2) is 4.79 Å². The number of rotatable bonds is 6. The van der Waals surface area contributed by atoms with Crippen molar-refractivity contribution in [3.8, 4) is 0 Å². The fourth-order valence-corrected chi connectivity index (χ4v) is 3.59. The van der Waals surface area contributed by atoms with E-state index in [-0.39, 0.29) is 18.3 Å². The molecule has 1 aromatic rings. The first-order chi connectivity index (χ1) is 15.0. The average molecular weight is 476 g/mol. The number of alkyl halides is 3. The molecule has 1 aliphatic carbocycles. The van der Waals surface area contributed by atoms with Gasteiger partial charge in [0.05, 0.1) is 23.2 Å². The highest BCUT2D eigenvalue weighted by Crippen LogP contribution is 2.36. The van der Waals surface area contributed by atoms with Gasteiger partial charge in [-0.1, -0.05) is 11.6 Å². The second kappa shape index (κ2) is 10.1. The maximum Gasteiger partial charge on any atom is 0.417 e. The molecule has 1 atom stereocenters. The van der Waals surface area contributed by atoms with E-state index in [2.05, 4.69) is 16.0 Å². The van der Waals surface area contributed by atoms with Gasteiger partial charge < -0.3 is 10.6 Å². The molecule has 3 N–H and O–H groups in total. The molecule has 4 amide bonds. The van der Waals surface area contributed by atoms with Crippen molar-refractivity contribution < 1.29 is 27.6 Å². The van der Waals surface area contributed by atoms with Crippen LogP contribution >= 0.6 is 11.6 Å². The molecule has 2 aliphatic rings. The van der Waals surface area contributed by atoms with Crippen molar-refractivity contribution in [3.05, 3.63) is 28.8 Å². The number of piperazine rings is 1. The van der Waals surface area contributed by atoms with E-state index in [1.165, 1.54) is 6.07 Å². The van der Waals surface area contributed by atoms with E-state index in [4.69, 9.17) is 11.6 Å². The standard InChI is InChI=1S/C20H25ClF3N5O3/c1-12(18(31)27-19(32)26-13-2-3-13)29-8-6-28(7-9-29)11-17(30)25-14-4-5-16(21)15(10-14)20(22,23)24/h4-5,10,12-13H,2-3,6-9,11H2,1H3,(H,25,30)(H2,26,27,31,32). The van der Waals surface area contributed by atoms with Crippen molar-refractivity contribution in [1.82, 2.24) is 20.4 Å². The fourth-order valence-electron chi connectivity index (χ4n) is 3.36. The molecule has 1 saturated heterocycles. The Labute approximate surface area is 188 Å². The average Bonchev–Trinajstić information content (AvgIpc) is 3.52. The van der Waals surface area contributed by atoms with Gasteiger partial charge in [-0.05, 0) is 38.0 Å². The Bertz CT molecular complexity index is 871. The monoisotopic (exact) mass is 475 g/mol. The minimum Gasteiger partial charge on any atom is -0.335 e. The number of carbonyl (C=O) groups excluding carboxylic acids is 3. The minimum absolute atomic E-state index is 0.00217. The van der Waals surface area contributed by atoms with Gasteiger partial charge in [0, 0.05) is 37.9 Å². The van der Waals surface area contributed by atoms with Gasteiger partial charge in [0.25, 0.3) is 0 Å². The van der Waals surface area contributed by atoms with Crippen molar-refractivity contribution in [3.63, 3.8) is 0 Å². The number of nitrogens with zero attached hydrogens (tertiary/aromatic N) is 2. The van der Waals surface area contributed by atoms with E-state index in [0.717, 1.165) is 25.0 Å². The van der Waals surface area contributed by atoms with Gasteiger partial charge in [0.15, 0.2) is 0 Å². The maximum atomic E-state index is 13.0. The zero-order valence-electron chi connectivity index (χ0n) is 17.5. The second-order valence-corrected chi connectivity index (χ2v) is 8.37. The van der Waals surface area contributed by atoms with Crippen LogP contribution in [0.2, 0.25) is 5.02 Å². The normalized spacial score (nSPS) is 18.7. The SMILES string of the molecule is CC(C(=O)NC(=O)NC1CC1)N1CCN(CC(=O)Nc2ccc(Cl)c(C(F)(F)F)c2)CC1. The van der Waals surface area contributed by atoms with Gasteiger partial charge >= 0.3 is 12.2 Å². The highest BCUT2D eigenvalue weighted by Gasteiger charge is 2.33. The number of amides is 4. The summed E-state index contributed by atoms with van der Waals surface area (Å²) in [6.45, 7) is 3.71. The molecule has 0 aromatic heterocycles. The number of benzene rings is 1. The van der Waals surface area contributed by atoms with E-state index >= 15 is 0 Å². The molecule has 0 spiro atoms. The summed E-state index contributed by atoms with van der Waals surface area (Å²) in [4.78, 5) is 40.0. The van der Waals surface area contributed by atoms with Gasteiger partial charge in [0.2, 0.25) is 11.8 Å². The van der Waals surface area contributed by atoms with Crippen molar-refractivity contribution in [2.75, 3.05) is 38.0 Å². The summed E-state index contributed by atoms with van der Waals surface area (Å²) in [5.41, 5.74) is -0.996. The lowest BCUT2D eigenvalue weighted by molar-refractivity contribution is -0.137. The summed E-state index contributed by atoms with van der Waals surface area (Å²) in [5.74, 6) is -0.839. The number of anilines is 1. The van der Waals surface area contributed by atoms with Crippen LogP contribution in [0.15, 0.2) is 18.2 Å². The highest BCUT2D eigenvalue weighted by atomic mass is 35.5. The number of hydrogen-bond acceptors (Lipinski definition) is 5. The lowest BCUT2D eigenvalue weighted by Gasteiger charge is -2.37. The molecule has 32 heavy (non-hydrogen) atoms. The second-order valence-electron chi connectivity index (χ2n) is 7.97. The number of urea groups is 1. The first-order valence-electron chi connectivity index (χ1n) is 10.3. The number of nitrogens with one attached hydrogen (secondary N) is 3. The Hall–Kier alpha value is -2.37. The van der Waals surface area contributed by atoms with Crippen LogP contribution in [0.4, 0.5) is 23.7 Å². The van der Waals surface area contributed by atoms with Crippen LogP contribution in [0.3, 0.4) is 0 Å². The molecule has 12 heteroatoms. The Kier molecular flexibility index (Phi) is 7.63. The molecule has 1 heterocycles. The molecule has 1 aliphatic heterocycles. The van der Waals surface area contributed by atoms with Crippen LogP contribution in [0.5, 0.6) is 0 Å². The van der Waals surface area contributed by atoms with Crippen LogP contribution in [-0.2, 0) is 15.8 Å². The summed E-state index contributed by atoms with van der Waals surface area (Å²) in [5, 5.41) is 7.06. The summed E-state index contributed by atoms with van der Waals surface area (Å²) in [7, 11) is 0. The first kappa shape index (κ1) is 24.3. The Morgan fingerprint density at radius 2 is 1.81 bits per heavy atom. The van der Waals surface area contributed by atoms with E-state index in [0.29, 0.717) is 26.2 Å². The van der Waals surface area contributed by atoms with E-state index < -0.39 is 40.6 Å². The number of halogens is 4. The lowest BCUT2D eigenvalue weighted by Crippen LogP contribution is -2.56. The smallest absolute Gasteiger partial charge is 0.335 e. The molecule has 0 bridgehead atoms. The van der Waals surface area contributed by atoms with Crippen LogP contribution in [-0.4, -0.2) is 72.5 Å². The topological polar surface area (TPSA) is 93.8 Å². The molecule has 176 valence electrons. The fraction of sp³-hybridized carbons (Fsp3) is 0.550. The Balaban J connectivity index is 1.43. The van der Waals surface area contributed by atoms with E-state index in [1.54, 1.807) is 6.92 Å². The van der Waals surface area contributed by atoms with E-state index in [9.17, 15) is 27.6 Å². The van der Waals surface area contributed by atoms with Crippen LogP contribution < -0.4 is 16.0 Å². The minimum atomic E-state index is -4.62. The van der Waals surface area contributed by atoms with Gasteiger partial charge in [0.1, 0.15) is 0 Å². The van der Waals surface area contributed by atoms with Crippen LogP contribution in [0, 0.1) is 0 Å². The molecule has 3 rings (SSSR count). The third kappa shape index (κ3) is 6.81. The van der Waals surface area contributed by atoms with Crippen molar-refractivity contribution in [2.45, 2.75) is 38.0 Å². The van der Waals surface area contributed by atoms with Crippen molar-refractivity contribution in [1.29, 1.82) is 0 Å². The molecule has 0 radical (unpaired) electrons. The van der Waals surface area contributed by atoms with Crippen molar-refractivity contribution in [2.24, 2.45) is 0 Å². The third-order valence-electron chi connectivity index (χ3n) is 5.41. The lowest BCUT2D eigenvalue weighted by atomic mass is 10.2. The molecular formula is C20H25ClF3N5O3. The molecule has 8 nitrogen and oxygen atoms in total. The highest BCUT2D eigenvalue weighted by molar-refractivity contribution is 6.31. The molecule has 1 saturated carbocycles. The Morgan fingerprint density at radius 3 is 2.41 bits per heavy atom. The van der Waals surface area contributed by atoms with Crippen molar-refractivity contribution >= 4 is 35.1 Å². The quantitative estimate of drug-likeness (QED) is 0.587. The number of carbonyl (C=O) groups is 3. The molecule has 1 unspecified atom stereocenters. The third-order valence-corrected chi connectivity index (χ3v) is 5.74. The summed E-state index contributed by atoms with van der Waals surface area (Å²) >= 11 is 5.59. The summed E-state index contributed by atoms with van der Waals surface area (Å²) < 4.78 is 38.9. The van der Waals surface area contributed by atoms with Crippen LogP contribution in [0.25, 0.3) is 0 Å². The van der Waals surface area contributed by atoms with Crippen LogP contribution in [0.1, 0.15) is 25.3 Å². The summed E-state index contributed by atoms with van der Waals surface area (Å²) in [6.07, 6.45) is -2.77. The zero-order chi connectivity index (χ0) is 23.5. The van der Waals surface area contributed by atoms with Gasteiger partial charge in [-0.2, -0.15) is 13.2 Å². The molecule has 2 fully saturated rings. The molecular weight excluding hydrogens is 451 g/mol. The van der Waals surface area contributed by atoms with E-state index in [1.807, 2.05) is 9.80 Å². The zero-order valence-corrected chi connectivity index (χ0v) is 18.2. The Morgan fingerprint density at radius 1 is 1.16 bits per heavy atom. The predicted octanol–water partition coefficient (Wildman–Crippen LogP) is 2.29. The number of imide groups is 1. The largest absolute Gasteiger partial charge is 0.417 e. The first-order valence-corrected chi connectivity index (χ1v) is 10.6. The predicted molar refractivity (Wildman–Crippen MR) is 112 cm³/mol. The maximum absolute atomic E-state index is 13.0. The van der Waals surface area contributed by atoms with Gasteiger partial charge in [-0.15, -0.1) is 0 Å². The molecule has 1 aromatic carbocycles.